The van der Waals surface area contributed by atoms with Gasteiger partial charge in [0.2, 0.25) is 17.7 Å². The number of methoxy groups -OCH3 is 1. The number of benzene rings is 1. The van der Waals surface area contributed by atoms with E-state index in [2.05, 4.69) is 20.7 Å². The van der Waals surface area contributed by atoms with Crippen LogP contribution in [0.1, 0.15) is 34.8 Å². The molecule has 0 saturated carbocycles. The third kappa shape index (κ3) is 4.39. The van der Waals surface area contributed by atoms with Crippen molar-refractivity contribution in [3.05, 3.63) is 52.2 Å². The van der Waals surface area contributed by atoms with E-state index in [-0.39, 0.29) is 12.0 Å². The number of aryl methyl sites for hydroxylation is 3. The zero-order valence-electron chi connectivity index (χ0n) is 18.5. The van der Waals surface area contributed by atoms with Crippen LogP contribution in [0.2, 0.25) is 0 Å². The van der Waals surface area contributed by atoms with E-state index in [4.69, 9.17) is 4.74 Å². The summed E-state index contributed by atoms with van der Waals surface area (Å²) in [5.74, 6) is -2.63. The van der Waals surface area contributed by atoms with E-state index in [9.17, 15) is 18.4 Å². The fraction of sp³-hybridized carbons (Fsp3) is 0.364. The normalized spacial score (nSPS) is 12.0. The predicted molar refractivity (Wildman–Crippen MR) is 114 cm³/mol. The SMILES string of the molecule is CNC(=O)C(NC(=O)CCc1c(C)nc2c(c(OC)nn2C)c1C)c1ccc(F)c(F)c1. The van der Waals surface area contributed by atoms with Crippen molar-refractivity contribution >= 4 is 22.8 Å². The lowest BCUT2D eigenvalue weighted by Crippen LogP contribution is -2.39. The van der Waals surface area contributed by atoms with Gasteiger partial charge in [0.25, 0.3) is 0 Å². The third-order valence-electron chi connectivity index (χ3n) is 5.41. The van der Waals surface area contributed by atoms with Crippen LogP contribution in [0.3, 0.4) is 0 Å². The zero-order chi connectivity index (χ0) is 23.6. The number of likely N-dealkylation sites (N-methyl/N-ethyl adjacent to an activating group) is 1. The molecular weight excluding hydrogens is 420 g/mol. The van der Waals surface area contributed by atoms with Gasteiger partial charge in [0, 0.05) is 26.2 Å². The van der Waals surface area contributed by atoms with E-state index >= 15 is 0 Å². The molecule has 32 heavy (non-hydrogen) atoms. The summed E-state index contributed by atoms with van der Waals surface area (Å²) in [6.07, 6.45) is 0.428. The molecule has 0 aliphatic rings. The minimum Gasteiger partial charge on any atom is -0.479 e. The van der Waals surface area contributed by atoms with Crippen molar-refractivity contribution in [2.24, 2.45) is 7.05 Å². The Morgan fingerprint density at radius 3 is 2.56 bits per heavy atom. The fourth-order valence-corrected chi connectivity index (χ4v) is 3.72. The minimum absolute atomic E-state index is 0.0641. The van der Waals surface area contributed by atoms with Crippen LogP contribution in [0.15, 0.2) is 18.2 Å². The lowest BCUT2D eigenvalue weighted by Gasteiger charge is -2.18. The van der Waals surface area contributed by atoms with Crippen molar-refractivity contribution in [2.75, 3.05) is 14.2 Å². The molecule has 0 bridgehead atoms. The zero-order valence-corrected chi connectivity index (χ0v) is 18.5. The molecule has 0 aliphatic carbocycles. The maximum atomic E-state index is 13.7. The van der Waals surface area contributed by atoms with Crippen LogP contribution in [0.25, 0.3) is 11.0 Å². The van der Waals surface area contributed by atoms with Crippen molar-refractivity contribution in [3.63, 3.8) is 0 Å². The van der Waals surface area contributed by atoms with Crippen LogP contribution >= 0.6 is 0 Å². The predicted octanol–water partition coefficient (Wildman–Crippen LogP) is 2.41. The molecule has 0 aliphatic heterocycles. The monoisotopic (exact) mass is 445 g/mol. The number of amides is 2. The Morgan fingerprint density at radius 1 is 1.22 bits per heavy atom. The number of ether oxygens (including phenoxy) is 1. The molecule has 1 aromatic carbocycles. The number of carbonyl (C=O) groups is 2. The molecule has 10 heteroatoms. The van der Waals surface area contributed by atoms with Gasteiger partial charge in [-0.3, -0.25) is 9.59 Å². The molecule has 0 fully saturated rings. The van der Waals surface area contributed by atoms with Crippen molar-refractivity contribution in [1.82, 2.24) is 25.4 Å². The molecule has 0 radical (unpaired) electrons. The number of halogens is 2. The van der Waals surface area contributed by atoms with Crippen LogP contribution in [-0.4, -0.2) is 40.7 Å². The summed E-state index contributed by atoms with van der Waals surface area (Å²) in [7, 11) is 4.71. The average Bonchev–Trinajstić information content (AvgIpc) is 3.08. The lowest BCUT2D eigenvalue weighted by atomic mass is 9.99. The first kappa shape index (κ1) is 23.1. The van der Waals surface area contributed by atoms with Crippen molar-refractivity contribution < 1.29 is 23.1 Å². The number of nitrogens with zero attached hydrogens (tertiary/aromatic N) is 3. The first-order valence-electron chi connectivity index (χ1n) is 10.0. The Hall–Kier alpha value is -3.56. The van der Waals surface area contributed by atoms with E-state index in [1.165, 1.54) is 20.2 Å². The summed E-state index contributed by atoms with van der Waals surface area (Å²) in [4.78, 5) is 29.5. The molecule has 2 aromatic heterocycles. The molecule has 8 nitrogen and oxygen atoms in total. The average molecular weight is 445 g/mol. The Bertz CT molecular complexity index is 1190. The summed E-state index contributed by atoms with van der Waals surface area (Å²) < 4.78 is 33.9. The van der Waals surface area contributed by atoms with Gasteiger partial charge in [-0.2, -0.15) is 0 Å². The number of carbonyl (C=O) groups excluding carboxylic acids is 2. The number of hydrogen-bond acceptors (Lipinski definition) is 5. The number of fused-ring (bicyclic) bond motifs is 1. The van der Waals surface area contributed by atoms with Gasteiger partial charge in [-0.15, -0.1) is 5.10 Å². The molecule has 0 saturated heterocycles. The Kier molecular flexibility index (Phi) is 6.71. The Labute approximate surface area is 184 Å². The summed E-state index contributed by atoms with van der Waals surface area (Å²) in [5.41, 5.74) is 3.38. The maximum Gasteiger partial charge on any atom is 0.246 e. The first-order chi connectivity index (χ1) is 15.2. The van der Waals surface area contributed by atoms with Gasteiger partial charge in [0.1, 0.15) is 6.04 Å². The van der Waals surface area contributed by atoms with E-state index in [0.29, 0.717) is 17.9 Å². The van der Waals surface area contributed by atoms with Crippen molar-refractivity contribution in [2.45, 2.75) is 32.7 Å². The fourth-order valence-electron chi connectivity index (χ4n) is 3.72. The Balaban J connectivity index is 1.81. The maximum absolute atomic E-state index is 13.7. The molecule has 2 heterocycles. The van der Waals surface area contributed by atoms with Crippen molar-refractivity contribution in [3.8, 4) is 5.88 Å². The van der Waals surface area contributed by atoms with Gasteiger partial charge >= 0.3 is 0 Å². The van der Waals surface area contributed by atoms with E-state index in [1.807, 2.05) is 13.8 Å². The Morgan fingerprint density at radius 2 is 1.94 bits per heavy atom. The van der Waals surface area contributed by atoms with Gasteiger partial charge in [-0.1, -0.05) is 6.07 Å². The number of pyridine rings is 1. The number of rotatable bonds is 7. The second kappa shape index (κ2) is 9.29. The summed E-state index contributed by atoms with van der Waals surface area (Å²) in [6, 6.07) is 1.93. The molecule has 170 valence electrons. The van der Waals surface area contributed by atoms with Crippen LogP contribution in [0.4, 0.5) is 8.78 Å². The highest BCUT2D eigenvalue weighted by atomic mass is 19.2. The molecule has 2 amide bonds. The van der Waals surface area contributed by atoms with Gasteiger partial charge in [0.05, 0.1) is 12.5 Å². The highest BCUT2D eigenvalue weighted by molar-refractivity contribution is 5.89. The van der Waals surface area contributed by atoms with Gasteiger partial charge < -0.3 is 15.4 Å². The first-order valence-corrected chi connectivity index (χ1v) is 10.0. The van der Waals surface area contributed by atoms with Gasteiger partial charge in [-0.25, -0.2) is 18.4 Å². The summed E-state index contributed by atoms with van der Waals surface area (Å²) in [6.45, 7) is 3.77. The number of nitrogens with one attached hydrogen (secondary N) is 2. The quantitative estimate of drug-likeness (QED) is 0.582. The minimum atomic E-state index is -1.15. The topological polar surface area (TPSA) is 98.1 Å². The van der Waals surface area contributed by atoms with Crippen LogP contribution in [-0.2, 0) is 23.1 Å². The highest BCUT2D eigenvalue weighted by Crippen LogP contribution is 2.30. The van der Waals surface area contributed by atoms with Gasteiger partial charge in [-0.05, 0) is 49.1 Å². The summed E-state index contributed by atoms with van der Waals surface area (Å²) in [5, 5.41) is 10.1. The molecule has 3 aromatic rings. The van der Waals surface area contributed by atoms with Crippen LogP contribution in [0.5, 0.6) is 5.88 Å². The molecule has 3 rings (SSSR count). The number of hydrogen-bond donors (Lipinski definition) is 2. The molecular formula is C22H25F2N5O3. The molecule has 1 atom stereocenters. The molecule has 0 spiro atoms. The van der Waals surface area contributed by atoms with Crippen LogP contribution in [0, 0.1) is 25.5 Å². The van der Waals surface area contributed by atoms with E-state index in [0.717, 1.165) is 34.3 Å². The highest BCUT2D eigenvalue weighted by Gasteiger charge is 2.24. The lowest BCUT2D eigenvalue weighted by molar-refractivity contribution is -0.128. The smallest absolute Gasteiger partial charge is 0.246 e. The summed E-state index contributed by atoms with van der Waals surface area (Å²) >= 11 is 0. The van der Waals surface area contributed by atoms with Gasteiger partial charge in [0.15, 0.2) is 17.3 Å². The van der Waals surface area contributed by atoms with E-state index in [1.54, 1.807) is 11.7 Å². The second-order valence-corrected chi connectivity index (χ2v) is 7.42. The van der Waals surface area contributed by atoms with Crippen molar-refractivity contribution in [1.29, 1.82) is 0 Å². The van der Waals surface area contributed by atoms with Crippen LogP contribution < -0.4 is 15.4 Å². The largest absolute Gasteiger partial charge is 0.479 e. The third-order valence-corrected chi connectivity index (χ3v) is 5.41. The second-order valence-electron chi connectivity index (χ2n) is 7.42. The standard InChI is InChI=1S/C22H25F2N5O3/c1-11-14(12(2)26-20-18(11)22(32-5)28-29(20)4)7-9-17(30)27-19(21(31)25-3)13-6-8-15(23)16(24)10-13/h6,8,10,19H,7,9H2,1-5H3,(H,25,31)(H,27,30). The molecule has 2 N–H and O–H groups in total. The molecule has 1 unspecified atom stereocenters. The number of aromatic nitrogens is 3. The van der Waals surface area contributed by atoms with E-state index < -0.39 is 29.5 Å².